The summed E-state index contributed by atoms with van der Waals surface area (Å²) in [6.07, 6.45) is -4.64. The Balaban J connectivity index is 0.000000818. The van der Waals surface area contributed by atoms with Gasteiger partial charge >= 0.3 is 16.6 Å². The average molecular weight is 630 g/mol. The summed E-state index contributed by atoms with van der Waals surface area (Å²) in [4.78, 5) is 43.0. The maximum absolute atomic E-state index is 13.4. The molecule has 4 aromatic carbocycles. The molecule has 0 spiro atoms. The zero-order valence-corrected chi connectivity index (χ0v) is 24.1. The Labute approximate surface area is 250 Å². The number of imide groups is 1. The second-order valence-corrected chi connectivity index (χ2v) is 10.4. The summed E-state index contributed by atoms with van der Waals surface area (Å²) in [5.74, 6) is -1.95. The number of alkyl halides is 3. The van der Waals surface area contributed by atoms with Gasteiger partial charge in [-0.25, -0.2) is 4.90 Å². The van der Waals surface area contributed by atoms with Gasteiger partial charge in [-0.15, -0.1) is 0 Å². The summed E-state index contributed by atoms with van der Waals surface area (Å²) in [5, 5.41) is 3.55. The van der Waals surface area contributed by atoms with Crippen LogP contribution in [0.25, 0.3) is 10.8 Å². The molecule has 0 bridgehead atoms. The van der Waals surface area contributed by atoms with Crippen LogP contribution in [0.5, 0.6) is 0 Å². The van der Waals surface area contributed by atoms with Crippen LogP contribution < -0.4 is 15.1 Å². The molecule has 0 fully saturated rings. The molecule has 5 rings (SSSR count). The summed E-state index contributed by atoms with van der Waals surface area (Å²) in [6, 6.07) is 19.1. The van der Waals surface area contributed by atoms with Crippen LogP contribution in [-0.4, -0.2) is 48.3 Å². The first kappa shape index (κ1) is 32.1. The zero-order chi connectivity index (χ0) is 32.4. The first-order chi connectivity index (χ1) is 20.6. The van der Waals surface area contributed by atoms with E-state index in [2.05, 4.69) is 24.1 Å². The number of amides is 3. The fourth-order valence-corrected chi connectivity index (χ4v) is 4.89. The minimum Gasteiger partial charge on any atom is -0.372 e. The van der Waals surface area contributed by atoms with Gasteiger partial charge in [-0.3, -0.25) is 23.5 Å². The van der Waals surface area contributed by atoms with Crippen molar-refractivity contribution in [2.45, 2.75) is 20.0 Å². The Morgan fingerprint density at radius 1 is 0.864 bits per heavy atom. The smallest absolute Gasteiger partial charge is 0.372 e. The number of nitrogens with one attached hydrogen (secondary N) is 1. The van der Waals surface area contributed by atoms with E-state index in [9.17, 15) is 27.6 Å². The Bertz CT molecular complexity index is 1830. The Morgan fingerprint density at radius 2 is 1.43 bits per heavy atom. The van der Waals surface area contributed by atoms with Crippen LogP contribution in [0, 0.1) is 0 Å². The van der Waals surface area contributed by atoms with Crippen LogP contribution in [-0.2, 0) is 16.6 Å². The first-order valence-corrected chi connectivity index (χ1v) is 14.5. The Morgan fingerprint density at radius 3 is 2.00 bits per heavy atom. The molecule has 0 unspecified atom stereocenters. The quantitative estimate of drug-likeness (QED) is 0.171. The summed E-state index contributed by atoms with van der Waals surface area (Å²) in [7, 11) is -4.67. The van der Waals surface area contributed by atoms with Crippen molar-refractivity contribution >= 4 is 56.0 Å². The van der Waals surface area contributed by atoms with Gasteiger partial charge in [-0.2, -0.15) is 21.6 Å². The van der Waals surface area contributed by atoms with Crippen LogP contribution in [0.1, 0.15) is 50.5 Å². The number of anilines is 3. The highest BCUT2D eigenvalue weighted by Gasteiger charge is 2.37. The number of nitrogens with zero attached hydrogens (tertiary/aromatic N) is 2. The Kier molecular flexibility index (Phi) is 9.09. The van der Waals surface area contributed by atoms with E-state index in [4.69, 9.17) is 17.5 Å². The largest absolute Gasteiger partial charge is 0.416 e. The normalized spacial score (nSPS) is 12.9. The van der Waals surface area contributed by atoms with Crippen LogP contribution in [0.2, 0.25) is 0 Å². The number of rotatable bonds is 6. The molecule has 10 nitrogen and oxygen atoms in total. The molecule has 0 saturated carbocycles. The van der Waals surface area contributed by atoms with E-state index in [-0.39, 0.29) is 22.4 Å². The lowest BCUT2D eigenvalue weighted by Crippen LogP contribution is -2.40. The van der Waals surface area contributed by atoms with E-state index >= 15 is 0 Å². The molecule has 1 aliphatic rings. The highest BCUT2D eigenvalue weighted by Crippen LogP contribution is 2.37. The molecular formula is C30H26F3N3O7S. The highest BCUT2D eigenvalue weighted by molar-refractivity contribution is 7.79. The van der Waals surface area contributed by atoms with Crippen molar-refractivity contribution in [3.05, 3.63) is 101 Å². The number of hydrogen-bond donors (Lipinski definition) is 3. The van der Waals surface area contributed by atoms with E-state index < -0.39 is 39.9 Å². The van der Waals surface area contributed by atoms with Crippen molar-refractivity contribution in [3.63, 3.8) is 0 Å². The third-order valence-electron chi connectivity index (χ3n) is 6.84. The SMILES string of the molecule is CCN(CC)c1ccc(NC(=O)c2ccc3c4c(cccc24)C(=O)N(c2cccc(C(F)(F)F)c2)C3=O)cc1.O=S(=O)(O)O. The lowest BCUT2D eigenvalue weighted by Gasteiger charge is -2.28. The predicted octanol–water partition coefficient (Wildman–Crippen LogP) is 6.10. The van der Waals surface area contributed by atoms with Gasteiger partial charge < -0.3 is 10.2 Å². The summed E-state index contributed by atoms with van der Waals surface area (Å²) >= 11 is 0. The molecule has 0 aromatic heterocycles. The second-order valence-electron chi connectivity index (χ2n) is 9.50. The van der Waals surface area contributed by atoms with Crippen LogP contribution in [0.3, 0.4) is 0 Å². The van der Waals surface area contributed by atoms with Crippen LogP contribution in [0.15, 0.2) is 78.9 Å². The minimum absolute atomic E-state index is 0.123. The highest BCUT2D eigenvalue weighted by atomic mass is 32.3. The third kappa shape index (κ3) is 6.88. The van der Waals surface area contributed by atoms with Crippen molar-refractivity contribution in [1.29, 1.82) is 0 Å². The molecule has 3 amide bonds. The third-order valence-corrected chi connectivity index (χ3v) is 6.84. The van der Waals surface area contributed by atoms with Gasteiger partial charge in [-0.05, 0) is 79.9 Å². The van der Waals surface area contributed by atoms with E-state index in [1.165, 1.54) is 24.3 Å². The van der Waals surface area contributed by atoms with Crippen molar-refractivity contribution in [2.75, 3.05) is 28.2 Å². The fraction of sp³-hybridized carbons (Fsp3) is 0.167. The number of carbonyl (C=O) groups excluding carboxylic acids is 3. The number of hydrogen-bond acceptors (Lipinski definition) is 6. The van der Waals surface area contributed by atoms with Gasteiger partial charge in [0.1, 0.15) is 0 Å². The van der Waals surface area contributed by atoms with Crippen molar-refractivity contribution in [2.24, 2.45) is 0 Å². The minimum atomic E-state index is -4.67. The van der Waals surface area contributed by atoms with Crippen LogP contribution in [0.4, 0.5) is 30.2 Å². The van der Waals surface area contributed by atoms with Gasteiger partial charge in [-0.1, -0.05) is 18.2 Å². The van der Waals surface area contributed by atoms with Gasteiger partial charge in [0, 0.05) is 46.5 Å². The molecule has 1 aliphatic heterocycles. The molecule has 14 heteroatoms. The zero-order valence-electron chi connectivity index (χ0n) is 23.3. The molecule has 230 valence electrons. The maximum Gasteiger partial charge on any atom is 0.416 e. The summed E-state index contributed by atoms with van der Waals surface area (Å²) in [5.41, 5.74) is 0.965. The molecular weight excluding hydrogens is 603 g/mol. The van der Waals surface area contributed by atoms with Crippen molar-refractivity contribution in [1.82, 2.24) is 0 Å². The summed E-state index contributed by atoms with van der Waals surface area (Å²) in [6.45, 7) is 5.83. The average Bonchev–Trinajstić information content (AvgIpc) is 2.96. The monoisotopic (exact) mass is 629 g/mol. The molecule has 3 N–H and O–H groups in total. The molecule has 1 heterocycles. The van der Waals surface area contributed by atoms with E-state index in [0.29, 0.717) is 16.5 Å². The number of benzene rings is 4. The topological polar surface area (TPSA) is 144 Å². The number of halogens is 3. The van der Waals surface area contributed by atoms with Gasteiger partial charge in [0.25, 0.3) is 17.7 Å². The van der Waals surface area contributed by atoms with Gasteiger partial charge in [0.05, 0.1) is 11.3 Å². The molecule has 4 aromatic rings. The van der Waals surface area contributed by atoms with E-state index in [1.54, 1.807) is 24.3 Å². The van der Waals surface area contributed by atoms with E-state index in [0.717, 1.165) is 41.9 Å². The molecule has 0 radical (unpaired) electrons. The first-order valence-electron chi connectivity index (χ1n) is 13.1. The standard InChI is InChI=1S/C30H24F3N3O3.H2O4S/c1-3-35(4-2)20-13-11-19(12-14-20)34-27(37)23-15-16-25-26-22(23)9-6-10-24(26)28(38)36(29(25)39)21-8-5-7-18(17-21)30(31,32)33;1-5(2,3)4/h5-17H,3-4H2,1-2H3,(H,34,37);(H2,1,2,3,4). The predicted molar refractivity (Wildman–Crippen MR) is 159 cm³/mol. The fourth-order valence-electron chi connectivity index (χ4n) is 4.89. The van der Waals surface area contributed by atoms with Crippen LogP contribution >= 0.6 is 0 Å². The molecule has 44 heavy (non-hydrogen) atoms. The van der Waals surface area contributed by atoms with Gasteiger partial charge in [0.15, 0.2) is 0 Å². The van der Waals surface area contributed by atoms with Crippen molar-refractivity contribution in [3.8, 4) is 0 Å². The van der Waals surface area contributed by atoms with Gasteiger partial charge in [0.2, 0.25) is 0 Å². The number of carbonyl (C=O) groups is 3. The molecule has 0 atom stereocenters. The second kappa shape index (κ2) is 12.4. The molecule has 0 aliphatic carbocycles. The lowest BCUT2D eigenvalue weighted by molar-refractivity contribution is -0.137. The van der Waals surface area contributed by atoms with Crippen molar-refractivity contribution < 1.29 is 45.1 Å². The summed E-state index contributed by atoms with van der Waals surface area (Å²) < 4.78 is 71.4. The van der Waals surface area contributed by atoms with E-state index in [1.807, 2.05) is 12.1 Å². The lowest BCUT2D eigenvalue weighted by atomic mass is 9.90. The maximum atomic E-state index is 13.4. The molecule has 0 saturated heterocycles. The Hall–Kier alpha value is -4.79.